The highest BCUT2D eigenvalue weighted by molar-refractivity contribution is 5.96. The number of Topliss-reactive ketones (excluding diaryl/α,β-unsaturated/α-hetero) is 1. The number of hydrogen-bond donors (Lipinski definition) is 2. The van der Waals surface area contributed by atoms with Gasteiger partial charge < -0.3 is 15.2 Å². The number of methoxy groups -OCH3 is 1. The summed E-state index contributed by atoms with van der Waals surface area (Å²) in [6, 6.07) is 12.3. The number of aliphatic hydroxyl groups excluding tert-OH is 1. The van der Waals surface area contributed by atoms with E-state index in [2.05, 4.69) is 5.32 Å². The quantitative estimate of drug-likeness (QED) is 0.742. The van der Waals surface area contributed by atoms with Crippen LogP contribution in [0.2, 0.25) is 0 Å². The van der Waals surface area contributed by atoms with Crippen molar-refractivity contribution in [2.45, 2.75) is 33.3 Å². The van der Waals surface area contributed by atoms with E-state index in [-0.39, 0.29) is 24.0 Å². The average molecular weight is 355 g/mol. The summed E-state index contributed by atoms with van der Waals surface area (Å²) in [4.78, 5) is 24.1. The van der Waals surface area contributed by atoms with Crippen molar-refractivity contribution in [3.63, 3.8) is 0 Å². The molecule has 2 rings (SSSR count). The van der Waals surface area contributed by atoms with E-state index in [1.807, 2.05) is 26.0 Å². The maximum absolute atomic E-state index is 12.5. The van der Waals surface area contributed by atoms with Gasteiger partial charge in [-0.1, -0.05) is 32.0 Å². The number of amides is 1. The number of para-hydroxylation sites is 1. The summed E-state index contributed by atoms with van der Waals surface area (Å²) >= 11 is 0. The zero-order valence-electron chi connectivity index (χ0n) is 15.6. The number of carbonyl (C=O) groups excluding carboxylic acids is 2. The van der Waals surface area contributed by atoms with Crippen LogP contribution in [0.4, 0.5) is 5.69 Å². The van der Waals surface area contributed by atoms with Crippen LogP contribution in [0.3, 0.4) is 0 Å². The van der Waals surface area contributed by atoms with E-state index >= 15 is 0 Å². The van der Waals surface area contributed by atoms with Crippen molar-refractivity contribution in [2.24, 2.45) is 5.92 Å². The molecule has 0 aromatic heterocycles. The Balaban J connectivity index is 2.22. The summed E-state index contributed by atoms with van der Waals surface area (Å²) in [5.41, 5.74) is 2.43. The number of aliphatic hydroxyl groups is 1. The number of ether oxygens (including phenoxy) is 1. The summed E-state index contributed by atoms with van der Waals surface area (Å²) in [5.74, 6) is 0.271. The molecule has 0 bridgehead atoms. The number of hydrogen-bond acceptors (Lipinski definition) is 4. The molecule has 0 aliphatic heterocycles. The summed E-state index contributed by atoms with van der Waals surface area (Å²) in [6.45, 7) is 5.32. The highest BCUT2D eigenvalue weighted by Crippen LogP contribution is 2.28. The normalized spacial score (nSPS) is 11.9. The van der Waals surface area contributed by atoms with Crippen LogP contribution < -0.4 is 10.1 Å². The Morgan fingerprint density at radius 2 is 1.85 bits per heavy atom. The van der Waals surface area contributed by atoms with Crippen LogP contribution in [0.15, 0.2) is 42.5 Å². The molecule has 0 saturated heterocycles. The van der Waals surface area contributed by atoms with Gasteiger partial charge in [0.2, 0.25) is 5.91 Å². The van der Waals surface area contributed by atoms with Crippen molar-refractivity contribution < 1.29 is 19.4 Å². The Morgan fingerprint density at radius 3 is 2.46 bits per heavy atom. The molecule has 2 aromatic carbocycles. The number of benzene rings is 2. The molecule has 1 atom stereocenters. The first kappa shape index (κ1) is 19.7. The van der Waals surface area contributed by atoms with Gasteiger partial charge in [-0.15, -0.1) is 0 Å². The van der Waals surface area contributed by atoms with Gasteiger partial charge in [-0.05, 0) is 37.1 Å². The first-order chi connectivity index (χ1) is 12.3. The Hall–Kier alpha value is -2.66. The van der Waals surface area contributed by atoms with E-state index < -0.39 is 6.10 Å². The van der Waals surface area contributed by atoms with Gasteiger partial charge >= 0.3 is 0 Å². The fourth-order valence-electron chi connectivity index (χ4n) is 2.73. The minimum absolute atomic E-state index is 0.0281. The van der Waals surface area contributed by atoms with Crippen LogP contribution in [0, 0.1) is 5.92 Å². The standard InChI is InChI=1S/C21H25NO4/c1-13(2)21(25)17-7-5-6-8-18(17)22-20(24)12-16-11-15(14(3)23)9-10-19(16)26-4/h5-11,13,21,25H,12H2,1-4H3,(H,22,24)/t21-/m0/s1. The average Bonchev–Trinajstić information content (AvgIpc) is 2.61. The molecule has 0 radical (unpaired) electrons. The fraction of sp³-hybridized carbons (Fsp3) is 0.333. The molecule has 0 unspecified atom stereocenters. The first-order valence-electron chi connectivity index (χ1n) is 8.58. The van der Waals surface area contributed by atoms with Crippen molar-refractivity contribution >= 4 is 17.4 Å². The highest BCUT2D eigenvalue weighted by atomic mass is 16.5. The number of rotatable bonds is 7. The van der Waals surface area contributed by atoms with Crippen molar-refractivity contribution in [3.05, 3.63) is 59.2 Å². The lowest BCUT2D eigenvalue weighted by Crippen LogP contribution is -2.18. The van der Waals surface area contributed by atoms with Crippen molar-refractivity contribution in [3.8, 4) is 5.75 Å². The number of nitrogens with one attached hydrogen (secondary N) is 1. The minimum atomic E-state index is -0.665. The van der Waals surface area contributed by atoms with Crippen LogP contribution in [0.5, 0.6) is 5.75 Å². The topological polar surface area (TPSA) is 75.6 Å². The fourth-order valence-corrected chi connectivity index (χ4v) is 2.73. The predicted molar refractivity (Wildman–Crippen MR) is 102 cm³/mol. The van der Waals surface area contributed by atoms with Crippen molar-refractivity contribution in [1.82, 2.24) is 0 Å². The lowest BCUT2D eigenvalue weighted by atomic mass is 9.97. The Kier molecular flexibility index (Phi) is 6.52. The molecule has 1 amide bonds. The third-order valence-corrected chi connectivity index (χ3v) is 4.22. The molecule has 2 aromatic rings. The van der Waals surface area contributed by atoms with Gasteiger partial charge in [-0.3, -0.25) is 9.59 Å². The van der Waals surface area contributed by atoms with E-state index in [0.717, 1.165) is 0 Å². The molecule has 2 N–H and O–H groups in total. The van der Waals surface area contributed by atoms with Crippen LogP contribution in [-0.4, -0.2) is 23.9 Å². The van der Waals surface area contributed by atoms with Crippen LogP contribution >= 0.6 is 0 Å². The van der Waals surface area contributed by atoms with Gasteiger partial charge in [0.05, 0.1) is 19.6 Å². The van der Waals surface area contributed by atoms with Gasteiger partial charge in [-0.2, -0.15) is 0 Å². The van der Waals surface area contributed by atoms with E-state index in [0.29, 0.717) is 28.1 Å². The van der Waals surface area contributed by atoms with Gasteiger partial charge in [0, 0.05) is 22.4 Å². The van der Waals surface area contributed by atoms with Gasteiger partial charge in [0.25, 0.3) is 0 Å². The van der Waals surface area contributed by atoms with Crippen molar-refractivity contribution in [2.75, 3.05) is 12.4 Å². The first-order valence-corrected chi connectivity index (χ1v) is 8.58. The molecular formula is C21H25NO4. The zero-order chi connectivity index (χ0) is 19.3. The molecular weight excluding hydrogens is 330 g/mol. The lowest BCUT2D eigenvalue weighted by Gasteiger charge is -2.19. The van der Waals surface area contributed by atoms with Gasteiger partial charge in [0.15, 0.2) is 5.78 Å². The predicted octanol–water partition coefficient (Wildman–Crippen LogP) is 3.77. The van der Waals surface area contributed by atoms with Gasteiger partial charge in [-0.25, -0.2) is 0 Å². The Morgan fingerprint density at radius 1 is 1.15 bits per heavy atom. The molecule has 0 aliphatic rings. The summed E-state index contributed by atoms with van der Waals surface area (Å²) in [5, 5.41) is 13.2. The Bertz CT molecular complexity index is 798. The summed E-state index contributed by atoms with van der Waals surface area (Å²) in [7, 11) is 1.53. The molecule has 0 saturated carbocycles. The van der Waals surface area contributed by atoms with E-state index in [1.54, 1.807) is 30.3 Å². The molecule has 0 spiro atoms. The van der Waals surface area contributed by atoms with E-state index in [1.165, 1.54) is 14.0 Å². The molecule has 0 fully saturated rings. The number of ketones is 1. The summed E-state index contributed by atoms with van der Waals surface area (Å²) < 4.78 is 5.29. The molecule has 5 nitrogen and oxygen atoms in total. The van der Waals surface area contributed by atoms with Crippen LogP contribution in [0.25, 0.3) is 0 Å². The second-order valence-corrected chi connectivity index (χ2v) is 6.58. The SMILES string of the molecule is COc1ccc(C(C)=O)cc1CC(=O)Nc1ccccc1[C@@H](O)C(C)C. The Labute approximate surface area is 154 Å². The second kappa shape index (κ2) is 8.63. The molecule has 26 heavy (non-hydrogen) atoms. The molecule has 5 heteroatoms. The van der Waals surface area contributed by atoms with E-state index in [4.69, 9.17) is 4.74 Å². The third-order valence-electron chi connectivity index (χ3n) is 4.22. The molecule has 138 valence electrons. The van der Waals surface area contributed by atoms with Crippen molar-refractivity contribution in [1.29, 1.82) is 0 Å². The highest BCUT2D eigenvalue weighted by Gasteiger charge is 2.18. The van der Waals surface area contributed by atoms with Gasteiger partial charge in [0.1, 0.15) is 5.75 Å². The maximum Gasteiger partial charge on any atom is 0.228 e. The monoisotopic (exact) mass is 355 g/mol. The third kappa shape index (κ3) is 4.70. The lowest BCUT2D eigenvalue weighted by molar-refractivity contribution is -0.115. The second-order valence-electron chi connectivity index (χ2n) is 6.58. The molecule has 0 aliphatic carbocycles. The zero-order valence-corrected chi connectivity index (χ0v) is 15.6. The smallest absolute Gasteiger partial charge is 0.228 e. The maximum atomic E-state index is 12.5. The number of carbonyl (C=O) groups is 2. The van der Waals surface area contributed by atoms with E-state index in [9.17, 15) is 14.7 Å². The summed E-state index contributed by atoms with van der Waals surface area (Å²) in [6.07, 6.45) is -0.599. The number of anilines is 1. The largest absolute Gasteiger partial charge is 0.496 e. The van der Waals surface area contributed by atoms with Crippen LogP contribution in [0.1, 0.15) is 48.4 Å². The minimum Gasteiger partial charge on any atom is -0.496 e. The molecule has 0 heterocycles. The van der Waals surface area contributed by atoms with Crippen LogP contribution in [-0.2, 0) is 11.2 Å².